The van der Waals surface area contributed by atoms with E-state index < -0.39 is 12.1 Å². The smallest absolute Gasteiger partial charge is 0.333 e. The minimum Gasteiger partial charge on any atom is -0.478 e. The third-order valence-corrected chi connectivity index (χ3v) is 1.26. The summed E-state index contributed by atoms with van der Waals surface area (Å²) in [6.07, 6.45) is -0.933. The van der Waals surface area contributed by atoms with Crippen LogP contribution in [0.25, 0.3) is 0 Å². The average Bonchev–Trinajstić information content (AvgIpc) is 1.84. The Labute approximate surface area is 60.0 Å². The second kappa shape index (κ2) is 3.37. The standard InChI is InChI=1S/C7H12O3/c1-4(2)6(8)5(3)7(9)10/h4,6,8H,3H2,1-2H3,(H,9,10). The van der Waals surface area contributed by atoms with Crippen molar-refractivity contribution in [2.24, 2.45) is 5.92 Å². The maximum absolute atomic E-state index is 10.2. The minimum absolute atomic E-state index is 0.0939. The summed E-state index contributed by atoms with van der Waals surface area (Å²) >= 11 is 0. The van der Waals surface area contributed by atoms with Gasteiger partial charge in [0.1, 0.15) is 0 Å². The van der Waals surface area contributed by atoms with Gasteiger partial charge < -0.3 is 10.2 Å². The molecule has 0 saturated carbocycles. The van der Waals surface area contributed by atoms with Crippen molar-refractivity contribution in [2.45, 2.75) is 20.0 Å². The number of aliphatic hydroxyl groups excluding tert-OH is 1. The molecule has 58 valence electrons. The van der Waals surface area contributed by atoms with Crippen molar-refractivity contribution in [1.29, 1.82) is 0 Å². The van der Waals surface area contributed by atoms with Gasteiger partial charge in [0.2, 0.25) is 0 Å². The quantitative estimate of drug-likeness (QED) is 0.571. The van der Waals surface area contributed by atoms with Crippen LogP contribution in [0.5, 0.6) is 0 Å². The molecule has 0 aliphatic rings. The molecule has 0 aromatic heterocycles. The van der Waals surface area contributed by atoms with E-state index in [1.165, 1.54) is 0 Å². The monoisotopic (exact) mass is 144 g/mol. The number of hydrogen-bond acceptors (Lipinski definition) is 2. The highest BCUT2D eigenvalue weighted by Crippen LogP contribution is 2.09. The summed E-state index contributed by atoms with van der Waals surface area (Å²) in [5, 5.41) is 17.4. The largest absolute Gasteiger partial charge is 0.478 e. The Kier molecular flexibility index (Phi) is 3.09. The molecule has 3 nitrogen and oxygen atoms in total. The fourth-order valence-corrected chi connectivity index (χ4v) is 0.529. The molecule has 0 aliphatic heterocycles. The Bertz CT molecular complexity index is 149. The lowest BCUT2D eigenvalue weighted by molar-refractivity contribution is -0.134. The molecule has 0 aliphatic carbocycles. The zero-order valence-electron chi connectivity index (χ0n) is 6.16. The molecule has 0 bridgehead atoms. The van der Waals surface area contributed by atoms with Gasteiger partial charge in [-0.15, -0.1) is 0 Å². The number of carbonyl (C=O) groups is 1. The van der Waals surface area contributed by atoms with Gasteiger partial charge in [-0.25, -0.2) is 4.79 Å². The number of carboxylic acid groups (broad SMARTS) is 1. The molecule has 2 N–H and O–H groups in total. The van der Waals surface area contributed by atoms with Crippen molar-refractivity contribution in [3.63, 3.8) is 0 Å². The molecule has 0 fully saturated rings. The molecular formula is C7H12O3. The maximum Gasteiger partial charge on any atom is 0.333 e. The first-order valence-corrected chi connectivity index (χ1v) is 3.07. The highest BCUT2D eigenvalue weighted by atomic mass is 16.4. The second-order valence-electron chi connectivity index (χ2n) is 2.52. The predicted molar refractivity (Wildman–Crippen MR) is 37.6 cm³/mol. The van der Waals surface area contributed by atoms with Gasteiger partial charge in [0.15, 0.2) is 0 Å². The summed E-state index contributed by atoms with van der Waals surface area (Å²) in [6, 6.07) is 0. The van der Waals surface area contributed by atoms with Crippen LogP contribution < -0.4 is 0 Å². The van der Waals surface area contributed by atoms with Gasteiger partial charge in [-0.3, -0.25) is 0 Å². The van der Waals surface area contributed by atoms with E-state index in [-0.39, 0.29) is 11.5 Å². The number of carboxylic acids is 1. The van der Waals surface area contributed by atoms with Crippen molar-refractivity contribution >= 4 is 5.97 Å². The SMILES string of the molecule is C=C(C(=O)O)C(O)C(C)C. The molecule has 0 heterocycles. The molecule has 0 aromatic carbocycles. The first-order chi connectivity index (χ1) is 4.46. The van der Waals surface area contributed by atoms with E-state index in [2.05, 4.69) is 6.58 Å². The summed E-state index contributed by atoms with van der Waals surface area (Å²) in [5.74, 6) is -1.23. The van der Waals surface area contributed by atoms with Crippen molar-refractivity contribution in [3.05, 3.63) is 12.2 Å². The third kappa shape index (κ3) is 2.19. The summed E-state index contributed by atoms with van der Waals surface area (Å²) < 4.78 is 0. The van der Waals surface area contributed by atoms with Crippen LogP contribution in [-0.2, 0) is 4.79 Å². The van der Waals surface area contributed by atoms with E-state index in [1.54, 1.807) is 13.8 Å². The van der Waals surface area contributed by atoms with Crippen LogP contribution in [0.2, 0.25) is 0 Å². The molecule has 0 rings (SSSR count). The molecule has 10 heavy (non-hydrogen) atoms. The first-order valence-electron chi connectivity index (χ1n) is 3.07. The van der Waals surface area contributed by atoms with Crippen LogP contribution in [0.4, 0.5) is 0 Å². The van der Waals surface area contributed by atoms with E-state index in [1.807, 2.05) is 0 Å². The third-order valence-electron chi connectivity index (χ3n) is 1.26. The summed E-state index contributed by atoms with van der Waals surface area (Å²) in [7, 11) is 0. The number of aliphatic carboxylic acids is 1. The number of rotatable bonds is 3. The van der Waals surface area contributed by atoms with Crippen molar-refractivity contribution in [1.82, 2.24) is 0 Å². The van der Waals surface area contributed by atoms with Crippen LogP contribution in [0.1, 0.15) is 13.8 Å². The van der Waals surface area contributed by atoms with Gasteiger partial charge in [-0.1, -0.05) is 20.4 Å². The minimum atomic E-state index is -1.14. The molecule has 0 aromatic rings. The maximum atomic E-state index is 10.2. The van der Waals surface area contributed by atoms with Crippen molar-refractivity contribution in [3.8, 4) is 0 Å². The van der Waals surface area contributed by atoms with Crippen LogP contribution >= 0.6 is 0 Å². The average molecular weight is 144 g/mol. The molecule has 1 unspecified atom stereocenters. The zero-order chi connectivity index (χ0) is 8.31. The Balaban J connectivity index is 4.08. The Morgan fingerprint density at radius 1 is 1.50 bits per heavy atom. The fourth-order valence-electron chi connectivity index (χ4n) is 0.529. The molecule has 3 heteroatoms. The second-order valence-corrected chi connectivity index (χ2v) is 2.52. The molecule has 0 amide bonds. The van der Waals surface area contributed by atoms with Crippen LogP contribution in [0, 0.1) is 5.92 Å². The molecular weight excluding hydrogens is 132 g/mol. The van der Waals surface area contributed by atoms with Gasteiger partial charge in [-0.05, 0) is 5.92 Å². The van der Waals surface area contributed by atoms with E-state index in [4.69, 9.17) is 10.2 Å². The molecule has 1 atom stereocenters. The highest BCUT2D eigenvalue weighted by molar-refractivity contribution is 5.86. The lowest BCUT2D eigenvalue weighted by atomic mass is 10.0. The highest BCUT2D eigenvalue weighted by Gasteiger charge is 2.17. The van der Waals surface area contributed by atoms with Crippen LogP contribution in [0.3, 0.4) is 0 Å². The normalized spacial score (nSPS) is 13.2. The van der Waals surface area contributed by atoms with Crippen molar-refractivity contribution in [2.75, 3.05) is 0 Å². The van der Waals surface area contributed by atoms with E-state index in [0.29, 0.717) is 0 Å². The van der Waals surface area contributed by atoms with E-state index in [0.717, 1.165) is 0 Å². The van der Waals surface area contributed by atoms with Crippen LogP contribution in [0.15, 0.2) is 12.2 Å². The van der Waals surface area contributed by atoms with E-state index in [9.17, 15) is 4.79 Å². The summed E-state index contributed by atoms with van der Waals surface area (Å²) in [4.78, 5) is 10.2. The summed E-state index contributed by atoms with van der Waals surface area (Å²) in [5.41, 5.74) is -0.144. The zero-order valence-corrected chi connectivity index (χ0v) is 6.16. The Hall–Kier alpha value is -0.830. The van der Waals surface area contributed by atoms with Gasteiger partial charge >= 0.3 is 5.97 Å². The number of aliphatic hydroxyl groups is 1. The molecule has 0 radical (unpaired) electrons. The van der Waals surface area contributed by atoms with Crippen molar-refractivity contribution < 1.29 is 15.0 Å². The number of hydrogen-bond donors (Lipinski definition) is 2. The Morgan fingerprint density at radius 2 is 1.90 bits per heavy atom. The lowest BCUT2D eigenvalue weighted by Crippen LogP contribution is -2.22. The van der Waals surface area contributed by atoms with Gasteiger partial charge in [0.25, 0.3) is 0 Å². The molecule has 0 saturated heterocycles. The lowest BCUT2D eigenvalue weighted by Gasteiger charge is -2.13. The van der Waals surface area contributed by atoms with Gasteiger partial charge in [0, 0.05) is 0 Å². The van der Waals surface area contributed by atoms with E-state index >= 15 is 0 Å². The summed E-state index contributed by atoms with van der Waals surface area (Å²) in [6.45, 7) is 6.70. The first kappa shape index (κ1) is 9.17. The van der Waals surface area contributed by atoms with Gasteiger partial charge in [0.05, 0.1) is 11.7 Å². The Morgan fingerprint density at radius 3 is 2.00 bits per heavy atom. The predicted octanol–water partition coefficient (Wildman–Crippen LogP) is 0.644. The van der Waals surface area contributed by atoms with Crippen LogP contribution in [-0.4, -0.2) is 22.3 Å². The van der Waals surface area contributed by atoms with Gasteiger partial charge in [-0.2, -0.15) is 0 Å². The topological polar surface area (TPSA) is 57.5 Å². The fraction of sp³-hybridized carbons (Fsp3) is 0.571. The molecule has 0 spiro atoms.